The van der Waals surface area contributed by atoms with Crippen LogP contribution >= 0.6 is 11.6 Å². The summed E-state index contributed by atoms with van der Waals surface area (Å²) in [5.74, 6) is 0.558. The van der Waals surface area contributed by atoms with E-state index in [2.05, 4.69) is 24.9 Å². The number of nitrogens with zero attached hydrogens (tertiary/aromatic N) is 1. The van der Waals surface area contributed by atoms with Crippen molar-refractivity contribution < 1.29 is 0 Å². The Labute approximate surface area is 96.0 Å². The Morgan fingerprint density at radius 2 is 2.33 bits per heavy atom. The van der Waals surface area contributed by atoms with E-state index < -0.39 is 0 Å². The van der Waals surface area contributed by atoms with E-state index in [4.69, 9.17) is 17.3 Å². The molecule has 0 saturated carbocycles. The molecule has 1 aromatic carbocycles. The summed E-state index contributed by atoms with van der Waals surface area (Å²) in [7, 11) is 2.11. The van der Waals surface area contributed by atoms with Crippen LogP contribution in [0.15, 0.2) is 18.2 Å². The van der Waals surface area contributed by atoms with Gasteiger partial charge in [0.15, 0.2) is 0 Å². The van der Waals surface area contributed by atoms with E-state index in [1.54, 1.807) is 0 Å². The van der Waals surface area contributed by atoms with Gasteiger partial charge in [0.1, 0.15) is 0 Å². The van der Waals surface area contributed by atoms with E-state index in [1.165, 1.54) is 11.3 Å². The van der Waals surface area contributed by atoms with Gasteiger partial charge in [0, 0.05) is 36.3 Å². The van der Waals surface area contributed by atoms with Crippen LogP contribution in [-0.2, 0) is 0 Å². The molecule has 3 heteroatoms. The Morgan fingerprint density at radius 1 is 1.60 bits per heavy atom. The lowest BCUT2D eigenvalue weighted by Crippen LogP contribution is -2.22. The van der Waals surface area contributed by atoms with Crippen LogP contribution in [0.1, 0.15) is 24.8 Å². The van der Waals surface area contributed by atoms with Gasteiger partial charge in [-0.05, 0) is 31.0 Å². The fourth-order valence-electron chi connectivity index (χ4n) is 2.37. The lowest BCUT2D eigenvalue weighted by Gasteiger charge is -2.14. The van der Waals surface area contributed by atoms with Crippen LogP contribution in [-0.4, -0.2) is 19.6 Å². The minimum Gasteiger partial charge on any atom is -0.374 e. The topological polar surface area (TPSA) is 29.3 Å². The van der Waals surface area contributed by atoms with Gasteiger partial charge in [-0.2, -0.15) is 0 Å². The third-order valence-electron chi connectivity index (χ3n) is 2.99. The highest BCUT2D eigenvalue weighted by molar-refractivity contribution is 6.30. The smallest absolute Gasteiger partial charge is 0.0426 e. The van der Waals surface area contributed by atoms with Gasteiger partial charge in [-0.15, -0.1) is 0 Å². The van der Waals surface area contributed by atoms with E-state index in [-0.39, 0.29) is 6.04 Å². The first-order valence-electron chi connectivity index (χ1n) is 5.34. The highest BCUT2D eigenvalue weighted by Gasteiger charge is 2.26. The van der Waals surface area contributed by atoms with Gasteiger partial charge in [0.2, 0.25) is 0 Å². The maximum absolute atomic E-state index is 5.99. The van der Waals surface area contributed by atoms with E-state index in [9.17, 15) is 0 Å². The number of likely N-dealkylation sites (N-methyl/N-ethyl adjacent to an activating group) is 1. The standard InChI is InChI=1S/C12H17ClN2/c1-8(14)5-9-7-15(2)12-6-10(13)3-4-11(9)12/h3-4,6,8-9H,5,7,14H2,1-2H3. The van der Waals surface area contributed by atoms with Crippen molar-refractivity contribution in [2.45, 2.75) is 25.3 Å². The van der Waals surface area contributed by atoms with Gasteiger partial charge in [-0.3, -0.25) is 0 Å². The van der Waals surface area contributed by atoms with Crippen LogP contribution in [0.4, 0.5) is 5.69 Å². The Kier molecular flexibility index (Phi) is 2.89. The van der Waals surface area contributed by atoms with Crippen molar-refractivity contribution in [1.82, 2.24) is 0 Å². The summed E-state index contributed by atoms with van der Waals surface area (Å²) in [4.78, 5) is 2.26. The third kappa shape index (κ3) is 2.11. The Balaban J connectivity index is 2.30. The predicted molar refractivity (Wildman–Crippen MR) is 65.7 cm³/mol. The van der Waals surface area contributed by atoms with Crippen molar-refractivity contribution in [3.63, 3.8) is 0 Å². The molecule has 0 aromatic heterocycles. The summed E-state index contributed by atoms with van der Waals surface area (Å²) >= 11 is 5.99. The largest absolute Gasteiger partial charge is 0.374 e. The molecule has 2 atom stereocenters. The zero-order valence-corrected chi connectivity index (χ0v) is 9.96. The summed E-state index contributed by atoms with van der Waals surface area (Å²) in [6, 6.07) is 6.39. The minimum atomic E-state index is 0.255. The number of hydrogen-bond donors (Lipinski definition) is 1. The van der Waals surface area contributed by atoms with Gasteiger partial charge in [-0.1, -0.05) is 17.7 Å². The normalized spacial score (nSPS) is 21.6. The summed E-state index contributed by atoms with van der Waals surface area (Å²) in [6.45, 7) is 3.12. The molecule has 2 N–H and O–H groups in total. The molecule has 0 saturated heterocycles. The first-order valence-corrected chi connectivity index (χ1v) is 5.72. The second kappa shape index (κ2) is 4.03. The third-order valence-corrected chi connectivity index (χ3v) is 3.23. The fraction of sp³-hybridized carbons (Fsp3) is 0.500. The van der Waals surface area contributed by atoms with Gasteiger partial charge in [0.05, 0.1) is 0 Å². The van der Waals surface area contributed by atoms with Crippen LogP contribution in [0.2, 0.25) is 5.02 Å². The van der Waals surface area contributed by atoms with Crippen molar-refractivity contribution in [2.24, 2.45) is 5.73 Å². The van der Waals surface area contributed by atoms with Crippen LogP contribution < -0.4 is 10.6 Å². The molecule has 82 valence electrons. The molecule has 0 fully saturated rings. The predicted octanol–water partition coefficient (Wildman–Crippen LogP) is 2.61. The number of hydrogen-bond acceptors (Lipinski definition) is 2. The average molecular weight is 225 g/mol. The molecular formula is C12H17ClN2. The molecule has 0 radical (unpaired) electrons. The van der Waals surface area contributed by atoms with Gasteiger partial charge in [-0.25, -0.2) is 0 Å². The molecule has 1 heterocycles. The fourth-order valence-corrected chi connectivity index (χ4v) is 2.54. The van der Waals surface area contributed by atoms with Crippen molar-refractivity contribution in [3.05, 3.63) is 28.8 Å². The molecule has 15 heavy (non-hydrogen) atoms. The van der Waals surface area contributed by atoms with E-state index >= 15 is 0 Å². The molecule has 2 nitrogen and oxygen atoms in total. The van der Waals surface area contributed by atoms with Crippen molar-refractivity contribution >= 4 is 17.3 Å². The first kappa shape index (κ1) is 10.8. The summed E-state index contributed by atoms with van der Waals surface area (Å²) in [5.41, 5.74) is 8.51. The molecule has 1 aliphatic rings. The quantitative estimate of drug-likeness (QED) is 0.837. The molecule has 0 amide bonds. The molecule has 2 rings (SSSR count). The number of rotatable bonds is 2. The van der Waals surface area contributed by atoms with Crippen LogP contribution in [0.3, 0.4) is 0 Å². The Bertz CT molecular complexity index is 363. The molecule has 2 unspecified atom stereocenters. The Morgan fingerprint density at radius 3 is 3.00 bits per heavy atom. The number of fused-ring (bicyclic) bond motifs is 1. The van der Waals surface area contributed by atoms with E-state index in [0.717, 1.165) is 18.0 Å². The molecule has 0 bridgehead atoms. The monoisotopic (exact) mass is 224 g/mol. The second-order valence-electron chi connectivity index (χ2n) is 4.49. The molecule has 1 aromatic rings. The van der Waals surface area contributed by atoms with Crippen LogP contribution in [0.25, 0.3) is 0 Å². The Hall–Kier alpha value is -0.730. The van der Waals surface area contributed by atoms with E-state index in [1.807, 2.05) is 12.1 Å². The SMILES string of the molecule is CC(N)CC1CN(C)c2cc(Cl)ccc21. The zero-order chi connectivity index (χ0) is 11.0. The number of anilines is 1. The van der Waals surface area contributed by atoms with Crippen LogP contribution in [0, 0.1) is 0 Å². The molecule has 0 aliphatic carbocycles. The summed E-state index contributed by atoms with van der Waals surface area (Å²) in [6.07, 6.45) is 1.04. The molecule has 0 spiro atoms. The lowest BCUT2D eigenvalue weighted by atomic mass is 9.95. The minimum absolute atomic E-state index is 0.255. The second-order valence-corrected chi connectivity index (χ2v) is 4.93. The summed E-state index contributed by atoms with van der Waals surface area (Å²) < 4.78 is 0. The number of halogens is 1. The first-order chi connectivity index (χ1) is 7.08. The highest BCUT2D eigenvalue weighted by Crippen LogP contribution is 2.38. The molecule has 1 aliphatic heterocycles. The lowest BCUT2D eigenvalue weighted by molar-refractivity contribution is 0.572. The number of benzene rings is 1. The molecular weight excluding hydrogens is 208 g/mol. The maximum Gasteiger partial charge on any atom is 0.0426 e. The highest BCUT2D eigenvalue weighted by atomic mass is 35.5. The zero-order valence-electron chi connectivity index (χ0n) is 9.20. The van der Waals surface area contributed by atoms with Gasteiger partial charge >= 0.3 is 0 Å². The van der Waals surface area contributed by atoms with Crippen molar-refractivity contribution in [1.29, 1.82) is 0 Å². The van der Waals surface area contributed by atoms with Crippen molar-refractivity contribution in [2.75, 3.05) is 18.5 Å². The van der Waals surface area contributed by atoms with Gasteiger partial charge < -0.3 is 10.6 Å². The summed E-state index contributed by atoms with van der Waals surface area (Å²) in [5, 5.41) is 0.807. The van der Waals surface area contributed by atoms with E-state index in [0.29, 0.717) is 5.92 Å². The van der Waals surface area contributed by atoms with Crippen LogP contribution in [0.5, 0.6) is 0 Å². The number of nitrogens with two attached hydrogens (primary N) is 1. The average Bonchev–Trinajstić information content (AvgIpc) is 2.42. The maximum atomic E-state index is 5.99. The van der Waals surface area contributed by atoms with Crippen molar-refractivity contribution in [3.8, 4) is 0 Å². The van der Waals surface area contributed by atoms with Gasteiger partial charge in [0.25, 0.3) is 0 Å².